The van der Waals surface area contributed by atoms with Gasteiger partial charge in [0.25, 0.3) is 0 Å². The van der Waals surface area contributed by atoms with Crippen LogP contribution in [0.1, 0.15) is 31.2 Å². The quantitative estimate of drug-likeness (QED) is 0.325. The summed E-state index contributed by atoms with van der Waals surface area (Å²) in [6.07, 6.45) is 7.95. The highest BCUT2D eigenvalue weighted by molar-refractivity contribution is 6.04. The zero-order chi connectivity index (χ0) is 31.1. The first kappa shape index (κ1) is 26.8. The van der Waals surface area contributed by atoms with E-state index >= 15 is 4.39 Å². The van der Waals surface area contributed by atoms with Gasteiger partial charge in [0.15, 0.2) is 5.82 Å². The fourth-order valence-electron chi connectivity index (χ4n) is 9.41. The molecule has 2 aromatic heterocycles. The molecule has 2 aromatic carbocycles. The normalized spacial score (nSPS) is 31.8. The van der Waals surface area contributed by atoms with Crippen LogP contribution in [0, 0.1) is 29.9 Å². The second kappa shape index (κ2) is 8.92. The molecule has 4 aromatic rings. The van der Waals surface area contributed by atoms with Gasteiger partial charge in [0, 0.05) is 48.5 Å². The van der Waals surface area contributed by atoms with E-state index in [1.807, 2.05) is 0 Å². The SMILES string of the molecule is C#Cc1c(F)ccc2cc(O)cc(-c3nc4c5c(nc(OC[C@@]67CCCN6C[C@H](F)C7)nc5c3F)N3CC5CC6[C@H](N5)[C@@]63CO4)c12. The number of nitrogens with one attached hydrogen (secondary N) is 1. The highest BCUT2D eigenvalue weighted by Gasteiger charge is 2.76. The molecule has 0 amide bonds. The summed E-state index contributed by atoms with van der Waals surface area (Å²) in [5.74, 6) is 1.76. The van der Waals surface area contributed by atoms with Crippen molar-refractivity contribution in [1.29, 1.82) is 0 Å². The van der Waals surface area contributed by atoms with Gasteiger partial charge in [0.1, 0.15) is 53.4 Å². The third kappa shape index (κ3) is 3.37. The molecule has 2 N–H and O–H groups in total. The Hall–Kier alpha value is -4.34. The zero-order valence-corrected chi connectivity index (χ0v) is 24.7. The average molecular weight is 627 g/mol. The van der Waals surface area contributed by atoms with Crippen molar-refractivity contribution in [2.45, 2.75) is 55.0 Å². The number of hydrogen-bond donors (Lipinski definition) is 2. The number of fused-ring (bicyclic) bond motifs is 2. The van der Waals surface area contributed by atoms with Crippen molar-refractivity contribution < 1.29 is 27.8 Å². The Morgan fingerprint density at radius 1 is 1.17 bits per heavy atom. The second-order valence-electron chi connectivity index (χ2n) is 13.7. The number of anilines is 1. The van der Waals surface area contributed by atoms with Gasteiger partial charge in [-0.2, -0.15) is 9.97 Å². The largest absolute Gasteiger partial charge is 0.508 e. The molecule has 11 rings (SSSR count). The first-order chi connectivity index (χ1) is 22.3. The Kier molecular flexibility index (Phi) is 5.21. The number of nitrogens with zero attached hydrogens (tertiary/aromatic N) is 5. The number of ether oxygens (including phenoxy) is 2. The molecule has 1 saturated carbocycles. The Balaban J connectivity index is 1.18. The number of halogens is 3. The molecule has 6 aliphatic heterocycles. The van der Waals surface area contributed by atoms with Crippen LogP contribution in [0.2, 0.25) is 0 Å². The topological polar surface area (TPSA) is 95.9 Å². The molecule has 234 valence electrons. The molecular weight excluding hydrogens is 597 g/mol. The van der Waals surface area contributed by atoms with E-state index in [0.717, 1.165) is 25.8 Å². The average Bonchev–Trinajstić information content (AvgIpc) is 3.27. The van der Waals surface area contributed by atoms with Crippen molar-refractivity contribution >= 4 is 27.5 Å². The lowest BCUT2D eigenvalue weighted by Crippen LogP contribution is -2.60. The van der Waals surface area contributed by atoms with Crippen molar-refractivity contribution in [3.05, 3.63) is 41.5 Å². The predicted octanol–water partition coefficient (Wildman–Crippen LogP) is 4.08. The molecule has 46 heavy (non-hydrogen) atoms. The summed E-state index contributed by atoms with van der Waals surface area (Å²) < 4.78 is 59.2. The van der Waals surface area contributed by atoms with E-state index in [4.69, 9.17) is 20.9 Å². The second-order valence-corrected chi connectivity index (χ2v) is 13.7. The van der Waals surface area contributed by atoms with Crippen LogP contribution >= 0.6 is 0 Å². The smallest absolute Gasteiger partial charge is 0.319 e. The summed E-state index contributed by atoms with van der Waals surface area (Å²) in [5, 5.41) is 15.3. The fraction of sp³-hybridized carbons (Fsp3) is 0.441. The van der Waals surface area contributed by atoms with E-state index < -0.39 is 23.3 Å². The first-order valence-corrected chi connectivity index (χ1v) is 15.8. The number of aromatic nitrogens is 3. The van der Waals surface area contributed by atoms with Gasteiger partial charge in [-0.05, 0) is 49.4 Å². The van der Waals surface area contributed by atoms with Crippen LogP contribution in [0.5, 0.6) is 17.6 Å². The van der Waals surface area contributed by atoms with Crippen molar-refractivity contribution in [3.63, 3.8) is 0 Å². The molecule has 8 heterocycles. The van der Waals surface area contributed by atoms with Gasteiger partial charge in [-0.15, -0.1) is 6.42 Å². The number of benzene rings is 2. The maximum Gasteiger partial charge on any atom is 0.319 e. The standard InChI is InChI=1S/C34H29F3N6O3/c1-2-20-23(36)5-4-16-8-19(44)10-21(24(16)20)27-26(37)28-25-30(41-32(40-28)46-14-33-6-3-7-42(33)12-17(35)11-33)43-13-18-9-22-29(38-18)34(22,43)15-45-31(25)39-27/h1,4-5,8,10,17-18,22,29,38,44H,3,6-7,9,11-15H2/t17-,18?,22?,29+,33+,34-/m1/s1. The van der Waals surface area contributed by atoms with Gasteiger partial charge in [0.2, 0.25) is 5.88 Å². The Morgan fingerprint density at radius 3 is 2.89 bits per heavy atom. The van der Waals surface area contributed by atoms with Gasteiger partial charge in [-0.25, -0.2) is 18.2 Å². The Labute approximate surface area is 261 Å². The maximum atomic E-state index is 17.0. The molecule has 6 fully saturated rings. The number of aromatic hydroxyl groups is 1. The fourth-order valence-corrected chi connectivity index (χ4v) is 9.41. The van der Waals surface area contributed by atoms with Gasteiger partial charge in [0.05, 0.1) is 16.6 Å². The summed E-state index contributed by atoms with van der Waals surface area (Å²) in [7, 11) is 0. The van der Waals surface area contributed by atoms with Crippen LogP contribution in [0.15, 0.2) is 24.3 Å². The predicted molar refractivity (Wildman–Crippen MR) is 163 cm³/mol. The summed E-state index contributed by atoms with van der Waals surface area (Å²) in [5.41, 5.74) is -1.03. The Morgan fingerprint density at radius 2 is 2.07 bits per heavy atom. The molecule has 4 bridgehead atoms. The van der Waals surface area contributed by atoms with E-state index in [0.29, 0.717) is 48.6 Å². The summed E-state index contributed by atoms with van der Waals surface area (Å²) in [6, 6.07) is 5.92. The molecule has 12 heteroatoms. The number of piperidine rings is 2. The van der Waals surface area contributed by atoms with Crippen LogP contribution in [0.4, 0.5) is 19.0 Å². The number of hydrogen-bond acceptors (Lipinski definition) is 9. The minimum absolute atomic E-state index is 0.00869. The van der Waals surface area contributed by atoms with Crippen LogP contribution in [-0.4, -0.2) is 87.1 Å². The number of piperazine rings is 1. The van der Waals surface area contributed by atoms with E-state index in [1.54, 1.807) is 0 Å². The zero-order valence-electron chi connectivity index (χ0n) is 24.7. The van der Waals surface area contributed by atoms with Gasteiger partial charge < -0.3 is 24.8 Å². The minimum Gasteiger partial charge on any atom is -0.508 e. The van der Waals surface area contributed by atoms with E-state index in [-0.39, 0.29) is 69.6 Å². The van der Waals surface area contributed by atoms with Crippen molar-refractivity contribution in [2.75, 3.05) is 37.7 Å². The maximum absolute atomic E-state index is 17.0. The molecule has 0 radical (unpaired) electrons. The summed E-state index contributed by atoms with van der Waals surface area (Å²) in [4.78, 5) is 18.5. The van der Waals surface area contributed by atoms with E-state index in [2.05, 4.69) is 31.0 Å². The third-order valence-corrected chi connectivity index (χ3v) is 11.4. The van der Waals surface area contributed by atoms with Crippen molar-refractivity contribution in [2.24, 2.45) is 5.92 Å². The highest BCUT2D eigenvalue weighted by atomic mass is 19.1. The number of phenols is 1. The molecule has 5 saturated heterocycles. The van der Waals surface area contributed by atoms with Gasteiger partial charge >= 0.3 is 6.01 Å². The number of rotatable bonds is 4. The number of terminal acetylenes is 1. The van der Waals surface area contributed by atoms with Crippen molar-refractivity contribution in [3.8, 4) is 41.2 Å². The van der Waals surface area contributed by atoms with Crippen molar-refractivity contribution in [1.82, 2.24) is 25.2 Å². The van der Waals surface area contributed by atoms with Crippen LogP contribution in [0.25, 0.3) is 32.9 Å². The van der Waals surface area contributed by atoms with Crippen LogP contribution < -0.4 is 19.7 Å². The summed E-state index contributed by atoms with van der Waals surface area (Å²) >= 11 is 0. The van der Waals surface area contributed by atoms with Crippen LogP contribution in [0.3, 0.4) is 0 Å². The van der Waals surface area contributed by atoms with E-state index in [1.165, 1.54) is 24.3 Å². The Bertz CT molecular complexity index is 2060. The molecule has 1 spiro atoms. The number of phenolic OH excluding ortho intramolecular Hbond substituents is 1. The molecule has 9 nitrogen and oxygen atoms in total. The lowest BCUT2D eigenvalue weighted by atomic mass is 9.95. The van der Waals surface area contributed by atoms with Crippen LogP contribution in [-0.2, 0) is 0 Å². The first-order valence-electron chi connectivity index (χ1n) is 15.8. The third-order valence-electron chi connectivity index (χ3n) is 11.4. The lowest BCUT2D eigenvalue weighted by molar-refractivity contribution is 0.107. The molecular formula is C34H29F3N6O3. The molecule has 6 atom stereocenters. The minimum atomic E-state index is -0.925. The molecule has 2 unspecified atom stereocenters. The van der Waals surface area contributed by atoms with E-state index in [9.17, 15) is 13.9 Å². The van der Waals surface area contributed by atoms with Gasteiger partial charge in [-0.1, -0.05) is 12.0 Å². The molecule has 7 aliphatic rings. The number of alkyl halides is 1. The monoisotopic (exact) mass is 626 g/mol. The van der Waals surface area contributed by atoms with Gasteiger partial charge in [-0.3, -0.25) is 4.90 Å². The summed E-state index contributed by atoms with van der Waals surface area (Å²) in [6.45, 7) is 2.34. The highest BCUT2D eigenvalue weighted by Crippen LogP contribution is 2.62. The lowest BCUT2D eigenvalue weighted by Gasteiger charge is -2.42. The number of pyridine rings is 1. The molecule has 1 aliphatic carbocycles.